The Morgan fingerprint density at radius 3 is 2.39 bits per heavy atom. The number of carbonyl (C=O) groups excluding carboxylic acids is 2. The number of rotatable bonds is 4. The van der Waals surface area contributed by atoms with Gasteiger partial charge in [0.1, 0.15) is 18.1 Å². The van der Waals surface area contributed by atoms with Crippen LogP contribution in [0.1, 0.15) is 45.5 Å². The van der Waals surface area contributed by atoms with Crippen LogP contribution in [0.2, 0.25) is 0 Å². The number of fused-ring (bicyclic) bond motifs is 3. The molecular formula is C27H27N3O2S. The van der Waals surface area contributed by atoms with Crippen molar-refractivity contribution in [2.45, 2.75) is 39.5 Å². The van der Waals surface area contributed by atoms with Crippen LogP contribution < -0.4 is 10.2 Å². The number of nitrogens with zero attached hydrogens (tertiary/aromatic N) is 2. The number of hydrogen-bond donors (Lipinski definition) is 1. The lowest BCUT2D eigenvalue weighted by Crippen LogP contribution is -2.38. The van der Waals surface area contributed by atoms with E-state index in [1.807, 2.05) is 31.2 Å². The monoisotopic (exact) mass is 457 g/mol. The molecule has 0 saturated heterocycles. The molecule has 0 spiro atoms. The Morgan fingerprint density at radius 1 is 1.00 bits per heavy atom. The molecule has 0 fully saturated rings. The van der Waals surface area contributed by atoms with Crippen LogP contribution in [0, 0.1) is 13.8 Å². The Balaban J connectivity index is 1.52. The van der Waals surface area contributed by atoms with Crippen molar-refractivity contribution in [3.63, 3.8) is 0 Å². The Labute approximate surface area is 198 Å². The second-order valence-corrected chi connectivity index (χ2v) is 9.90. The number of nitrogens with one attached hydrogen (secondary N) is 1. The summed E-state index contributed by atoms with van der Waals surface area (Å²) >= 11 is 1.66. The molecule has 6 heteroatoms. The summed E-state index contributed by atoms with van der Waals surface area (Å²) in [4.78, 5) is 33.9. The summed E-state index contributed by atoms with van der Waals surface area (Å²) in [6, 6.07) is 16.0. The van der Waals surface area contributed by atoms with Crippen LogP contribution in [0.15, 0.2) is 53.5 Å². The fourth-order valence-corrected chi connectivity index (χ4v) is 5.90. The van der Waals surface area contributed by atoms with Gasteiger partial charge in [-0.15, -0.1) is 11.3 Å². The predicted octanol–water partition coefficient (Wildman–Crippen LogP) is 5.07. The number of amides is 2. The lowest BCUT2D eigenvalue weighted by atomic mass is 9.91. The maximum Gasteiger partial charge on any atom is 0.249 e. The minimum atomic E-state index is -0.205. The fourth-order valence-electron chi connectivity index (χ4n) is 4.50. The zero-order valence-electron chi connectivity index (χ0n) is 19.0. The Bertz CT molecular complexity index is 1240. The number of thiophene rings is 1. The first kappa shape index (κ1) is 21.6. The van der Waals surface area contributed by atoms with Crippen molar-refractivity contribution in [3.05, 3.63) is 81.2 Å². The zero-order valence-corrected chi connectivity index (χ0v) is 19.8. The van der Waals surface area contributed by atoms with Gasteiger partial charge in [-0.2, -0.15) is 0 Å². The summed E-state index contributed by atoms with van der Waals surface area (Å²) < 4.78 is 0. The summed E-state index contributed by atoms with van der Waals surface area (Å²) in [6.45, 7) is 4.09. The number of benzene rings is 2. The van der Waals surface area contributed by atoms with E-state index in [-0.39, 0.29) is 24.9 Å². The van der Waals surface area contributed by atoms with Gasteiger partial charge in [0.05, 0.1) is 5.71 Å². The third-order valence-electron chi connectivity index (χ3n) is 6.27. The van der Waals surface area contributed by atoms with E-state index < -0.39 is 0 Å². The average molecular weight is 458 g/mol. The summed E-state index contributed by atoms with van der Waals surface area (Å²) in [5.74, 6) is -0.348. The van der Waals surface area contributed by atoms with E-state index in [2.05, 4.69) is 36.5 Å². The second-order valence-electron chi connectivity index (χ2n) is 8.82. The highest BCUT2D eigenvalue weighted by Gasteiger charge is 2.33. The van der Waals surface area contributed by atoms with Gasteiger partial charge in [0.2, 0.25) is 11.8 Å². The molecule has 2 aliphatic rings. The van der Waals surface area contributed by atoms with Gasteiger partial charge in [0, 0.05) is 21.7 Å². The molecule has 0 bridgehead atoms. The summed E-state index contributed by atoms with van der Waals surface area (Å²) in [6.07, 6.45) is 4.31. The first-order valence-corrected chi connectivity index (χ1v) is 12.2. The molecule has 0 unspecified atom stereocenters. The van der Waals surface area contributed by atoms with E-state index in [0.717, 1.165) is 58.8 Å². The normalized spacial score (nSPS) is 15.4. The first-order valence-electron chi connectivity index (χ1n) is 11.4. The number of aryl methyl sites for hydroxylation is 3. The maximum atomic E-state index is 13.2. The molecule has 1 N–H and O–H groups in total. The van der Waals surface area contributed by atoms with Gasteiger partial charge >= 0.3 is 0 Å². The van der Waals surface area contributed by atoms with Crippen molar-refractivity contribution in [1.82, 2.24) is 0 Å². The van der Waals surface area contributed by atoms with Crippen molar-refractivity contribution in [3.8, 4) is 0 Å². The number of aliphatic imine (C=N–C) groups is 1. The molecule has 2 heterocycles. The average Bonchev–Trinajstić information content (AvgIpc) is 3.13. The Hall–Kier alpha value is -3.25. The molecule has 168 valence electrons. The van der Waals surface area contributed by atoms with Gasteiger partial charge in [-0.05, 0) is 57.2 Å². The van der Waals surface area contributed by atoms with Gasteiger partial charge in [0.15, 0.2) is 0 Å². The maximum absolute atomic E-state index is 13.2. The van der Waals surface area contributed by atoms with Gasteiger partial charge in [-0.3, -0.25) is 19.5 Å². The van der Waals surface area contributed by atoms with Gasteiger partial charge in [-0.1, -0.05) is 47.5 Å². The highest BCUT2D eigenvalue weighted by molar-refractivity contribution is 7.17. The van der Waals surface area contributed by atoms with Gasteiger partial charge in [-0.25, -0.2) is 0 Å². The fraction of sp³-hybridized carbons (Fsp3) is 0.296. The molecule has 33 heavy (non-hydrogen) atoms. The van der Waals surface area contributed by atoms with E-state index in [4.69, 9.17) is 4.99 Å². The van der Waals surface area contributed by atoms with E-state index in [1.54, 1.807) is 16.2 Å². The van der Waals surface area contributed by atoms with Crippen LogP contribution in [-0.2, 0) is 22.4 Å². The standard InChI is InChI=1S/C27H27N3O2S/c1-17-7-11-19(12-8-17)26-25-21-5-3-4-6-22(21)33-27(25)30(24(32)15-28-26)16-23(31)29-20-13-9-18(2)10-14-20/h7-14H,3-6,15-16H2,1-2H3,(H,29,31). The summed E-state index contributed by atoms with van der Waals surface area (Å²) in [5.41, 5.74) is 7.30. The third kappa shape index (κ3) is 4.35. The zero-order chi connectivity index (χ0) is 22.9. The summed E-state index contributed by atoms with van der Waals surface area (Å²) in [7, 11) is 0. The topological polar surface area (TPSA) is 61.8 Å². The molecule has 1 aliphatic carbocycles. The SMILES string of the molecule is Cc1ccc(NC(=O)CN2C(=O)CN=C(c3ccc(C)cc3)c3c2sc2c3CCCC2)cc1. The number of carbonyl (C=O) groups is 2. The smallest absolute Gasteiger partial charge is 0.249 e. The van der Waals surface area contributed by atoms with Crippen LogP contribution in [0.4, 0.5) is 10.7 Å². The Kier molecular flexibility index (Phi) is 5.85. The van der Waals surface area contributed by atoms with Crippen LogP contribution >= 0.6 is 11.3 Å². The van der Waals surface area contributed by atoms with Crippen LogP contribution in [0.25, 0.3) is 0 Å². The van der Waals surface area contributed by atoms with E-state index in [9.17, 15) is 9.59 Å². The van der Waals surface area contributed by atoms with Crippen molar-refractivity contribution in [2.24, 2.45) is 4.99 Å². The van der Waals surface area contributed by atoms with E-state index in [0.29, 0.717) is 0 Å². The van der Waals surface area contributed by atoms with Crippen LogP contribution in [0.5, 0.6) is 0 Å². The second kappa shape index (κ2) is 8.94. The largest absolute Gasteiger partial charge is 0.325 e. The highest BCUT2D eigenvalue weighted by atomic mass is 32.1. The predicted molar refractivity (Wildman–Crippen MR) is 135 cm³/mol. The van der Waals surface area contributed by atoms with Crippen molar-refractivity contribution in [1.29, 1.82) is 0 Å². The van der Waals surface area contributed by atoms with E-state index >= 15 is 0 Å². The van der Waals surface area contributed by atoms with Crippen molar-refractivity contribution in [2.75, 3.05) is 23.3 Å². The molecule has 1 aromatic heterocycles. The highest BCUT2D eigenvalue weighted by Crippen LogP contribution is 2.42. The quantitative estimate of drug-likeness (QED) is 0.595. The lowest BCUT2D eigenvalue weighted by molar-refractivity contribution is -0.120. The molecule has 2 aromatic carbocycles. The molecule has 5 rings (SSSR count). The molecule has 0 saturated carbocycles. The molecule has 3 aromatic rings. The minimum Gasteiger partial charge on any atom is -0.325 e. The molecular weight excluding hydrogens is 430 g/mol. The molecule has 0 atom stereocenters. The number of hydrogen-bond acceptors (Lipinski definition) is 4. The minimum absolute atomic E-state index is 0.0181. The van der Waals surface area contributed by atoms with Gasteiger partial charge < -0.3 is 5.32 Å². The van der Waals surface area contributed by atoms with Crippen molar-refractivity contribution < 1.29 is 9.59 Å². The lowest BCUT2D eigenvalue weighted by Gasteiger charge is -2.20. The third-order valence-corrected chi connectivity index (χ3v) is 7.58. The first-order chi connectivity index (χ1) is 16.0. The van der Waals surface area contributed by atoms with Crippen LogP contribution in [-0.4, -0.2) is 30.6 Å². The molecule has 0 radical (unpaired) electrons. The van der Waals surface area contributed by atoms with Gasteiger partial charge in [0.25, 0.3) is 0 Å². The molecule has 5 nitrogen and oxygen atoms in total. The van der Waals surface area contributed by atoms with E-state index in [1.165, 1.54) is 16.0 Å². The number of anilines is 2. The Morgan fingerprint density at radius 2 is 1.67 bits per heavy atom. The summed E-state index contributed by atoms with van der Waals surface area (Å²) in [5, 5.41) is 3.80. The van der Waals surface area contributed by atoms with Crippen LogP contribution in [0.3, 0.4) is 0 Å². The molecule has 1 aliphatic heterocycles. The van der Waals surface area contributed by atoms with Crippen molar-refractivity contribution >= 4 is 39.6 Å². The molecule has 2 amide bonds.